The molecule has 0 fully saturated rings. The van der Waals surface area contributed by atoms with Crippen LogP contribution >= 0.6 is 0 Å². The molecule has 0 saturated heterocycles. The van der Waals surface area contributed by atoms with Crippen molar-refractivity contribution in [1.29, 1.82) is 0 Å². The smallest absolute Gasteiger partial charge is 0.00987 e. The van der Waals surface area contributed by atoms with Gasteiger partial charge in [-0.25, -0.2) is 0 Å². The van der Waals surface area contributed by atoms with Crippen molar-refractivity contribution in [1.82, 2.24) is 0 Å². The Bertz CT molecular complexity index is 2940. The molecule has 0 nitrogen and oxygen atoms in total. The summed E-state index contributed by atoms with van der Waals surface area (Å²) in [5, 5.41) is 15.4. The van der Waals surface area contributed by atoms with Gasteiger partial charge in [0.25, 0.3) is 0 Å². The largest absolute Gasteiger partial charge is 0.0616 e. The molecule has 0 atom stereocenters. The highest BCUT2D eigenvalue weighted by Crippen LogP contribution is 2.42. The Morgan fingerprint density at radius 2 is 0.612 bits per heavy atom. The average molecular weight is 621 g/mol. The molecule has 0 aromatic heterocycles. The maximum absolute atomic E-state index is 2.40. The Labute approximate surface area is 285 Å². The van der Waals surface area contributed by atoms with Gasteiger partial charge in [-0.1, -0.05) is 146 Å². The summed E-state index contributed by atoms with van der Waals surface area (Å²) in [6.45, 7) is 2.22. The van der Waals surface area contributed by atoms with Crippen LogP contribution in [0.5, 0.6) is 0 Å². The zero-order valence-corrected chi connectivity index (χ0v) is 27.2. The quantitative estimate of drug-likeness (QED) is 0.172. The minimum atomic E-state index is 1.24. The van der Waals surface area contributed by atoms with Gasteiger partial charge in [0.15, 0.2) is 0 Å². The van der Waals surface area contributed by atoms with Crippen LogP contribution in [0.1, 0.15) is 5.56 Å². The van der Waals surface area contributed by atoms with E-state index >= 15 is 0 Å². The Morgan fingerprint density at radius 3 is 1.10 bits per heavy atom. The third kappa shape index (κ3) is 4.45. The zero-order valence-electron chi connectivity index (χ0n) is 27.2. The SMILES string of the molecule is Cc1cc(-c2cc3ccccc3c3ccccc23)cc(-c2cc3ccc(-c4cc5ccccc5c5ccccc45)cc3c3ccccc23)c1. The fourth-order valence-corrected chi connectivity index (χ4v) is 8.19. The molecule has 10 aromatic carbocycles. The first-order chi connectivity index (χ1) is 24.2. The normalized spacial score (nSPS) is 11.8. The van der Waals surface area contributed by atoms with E-state index in [9.17, 15) is 0 Å². The molecule has 0 bridgehead atoms. The first-order valence-corrected chi connectivity index (χ1v) is 17.1. The molecule has 10 rings (SSSR count). The van der Waals surface area contributed by atoms with Crippen LogP contribution in [0.3, 0.4) is 0 Å². The maximum Gasteiger partial charge on any atom is -0.00987 e. The molecule has 0 aliphatic carbocycles. The summed E-state index contributed by atoms with van der Waals surface area (Å²) < 4.78 is 0. The van der Waals surface area contributed by atoms with Gasteiger partial charge in [-0.3, -0.25) is 0 Å². The lowest BCUT2D eigenvalue weighted by molar-refractivity contribution is 1.47. The zero-order chi connectivity index (χ0) is 32.5. The first-order valence-electron chi connectivity index (χ1n) is 17.1. The van der Waals surface area contributed by atoms with Crippen LogP contribution in [0.25, 0.3) is 98.0 Å². The Morgan fingerprint density at radius 1 is 0.245 bits per heavy atom. The fraction of sp³-hybridized carbons (Fsp3) is 0.0204. The van der Waals surface area contributed by atoms with Crippen LogP contribution in [0.4, 0.5) is 0 Å². The number of hydrogen-bond donors (Lipinski definition) is 0. The van der Waals surface area contributed by atoms with E-state index in [0.717, 1.165) is 0 Å². The number of hydrogen-bond acceptors (Lipinski definition) is 0. The molecule has 0 heteroatoms. The third-order valence-corrected chi connectivity index (χ3v) is 10.4. The van der Waals surface area contributed by atoms with E-state index in [4.69, 9.17) is 0 Å². The van der Waals surface area contributed by atoms with Gasteiger partial charge in [0, 0.05) is 0 Å². The highest BCUT2D eigenvalue weighted by Gasteiger charge is 2.15. The second kappa shape index (κ2) is 10.9. The average Bonchev–Trinajstić information content (AvgIpc) is 3.16. The molecule has 228 valence electrons. The molecule has 0 N–H and O–H groups in total. The van der Waals surface area contributed by atoms with E-state index in [2.05, 4.69) is 183 Å². The second-order valence-electron chi connectivity index (χ2n) is 13.4. The van der Waals surface area contributed by atoms with Gasteiger partial charge in [0.2, 0.25) is 0 Å². The fourth-order valence-electron chi connectivity index (χ4n) is 8.19. The Balaban J connectivity index is 1.18. The number of benzene rings is 10. The minimum Gasteiger partial charge on any atom is -0.0616 e. The second-order valence-corrected chi connectivity index (χ2v) is 13.4. The topological polar surface area (TPSA) is 0 Å². The number of rotatable bonds is 3. The van der Waals surface area contributed by atoms with Crippen molar-refractivity contribution in [2.75, 3.05) is 0 Å². The van der Waals surface area contributed by atoms with Crippen molar-refractivity contribution >= 4 is 64.6 Å². The predicted octanol–water partition coefficient (Wildman–Crippen LogP) is 13.9. The Hall–Kier alpha value is -6.24. The molecule has 0 aliphatic heterocycles. The first kappa shape index (κ1) is 27.8. The molecular formula is C49H32. The van der Waals surface area contributed by atoms with Gasteiger partial charge in [-0.15, -0.1) is 0 Å². The predicted molar refractivity (Wildman–Crippen MR) is 213 cm³/mol. The van der Waals surface area contributed by atoms with Gasteiger partial charge in [-0.2, -0.15) is 0 Å². The van der Waals surface area contributed by atoms with Crippen molar-refractivity contribution in [2.45, 2.75) is 6.92 Å². The summed E-state index contributed by atoms with van der Waals surface area (Å²) in [6, 6.07) is 65.3. The van der Waals surface area contributed by atoms with E-state index in [-0.39, 0.29) is 0 Å². The van der Waals surface area contributed by atoms with E-state index in [0.29, 0.717) is 0 Å². The van der Waals surface area contributed by atoms with E-state index in [1.54, 1.807) is 0 Å². The van der Waals surface area contributed by atoms with Crippen molar-refractivity contribution in [3.05, 3.63) is 181 Å². The summed E-state index contributed by atoms with van der Waals surface area (Å²) in [7, 11) is 0. The Kier molecular flexibility index (Phi) is 6.19. The highest BCUT2D eigenvalue weighted by molar-refractivity contribution is 6.18. The van der Waals surface area contributed by atoms with Crippen molar-refractivity contribution in [3.8, 4) is 33.4 Å². The lowest BCUT2D eigenvalue weighted by atomic mass is 9.87. The molecule has 0 radical (unpaired) electrons. The summed E-state index contributed by atoms with van der Waals surface area (Å²) in [4.78, 5) is 0. The lowest BCUT2D eigenvalue weighted by Crippen LogP contribution is -1.90. The van der Waals surface area contributed by atoms with Crippen molar-refractivity contribution < 1.29 is 0 Å². The van der Waals surface area contributed by atoms with Gasteiger partial charge >= 0.3 is 0 Å². The summed E-state index contributed by atoms with van der Waals surface area (Å²) in [5.74, 6) is 0. The highest BCUT2D eigenvalue weighted by atomic mass is 14.2. The molecule has 10 aromatic rings. The maximum atomic E-state index is 2.40. The van der Waals surface area contributed by atoms with Crippen LogP contribution in [0.2, 0.25) is 0 Å². The molecule has 0 saturated carbocycles. The standard InChI is InChI=1S/C49H32/c1-31-24-36(48-28-33-13-3-5-15-39(33)41-17-7-9-19-43(41)48)26-37(25-31)49-30-35-23-22-34(29-47(35)44-20-10-11-21-45(44)49)46-27-32-12-2-4-14-38(32)40-16-6-8-18-42(40)46/h2-30H,1H3. The summed E-state index contributed by atoms with van der Waals surface area (Å²) >= 11 is 0. The molecule has 0 aliphatic rings. The van der Waals surface area contributed by atoms with Crippen LogP contribution in [0.15, 0.2) is 176 Å². The van der Waals surface area contributed by atoms with E-state index in [1.807, 2.05) is 0 Å². The molecule has 49 heavy (non-hydrogen) atoms. The number of aryl methyl sites for hydroxylation is 1. The monoisotopic (exact) mass is 620 g/mol. The van der Waals surface area contributed by atoms with Crippen LogP contribution in [-0.2, 0) is 0 Å². The van der Waals surface area contributed by atoms with Crippen LogP contribution in [0, 0.1) is 6.92 Å². The van der Waals surface area contributed by atoms with Crippen molar-refractivity contribution in [3.63, 3.8) is 0 Å². The molecule has 0 heterocycles. The van der Waals surface area contributed by atoms with Gasteiger partial charge in [0.05, 0.1) is 0 Å². The lowest BCUT2D eigenvalue weighted by Gasteiger charge is -2.16. The van der Waals surface area contributed by atoms with Gasteiger partial charge < -0.3 is 0 Å². The van der Waals surface area contributed by atoms with Gasteiger partial charge in [-0.05, 0) is 141 Å². The minimum absolute atomic E-state index is 1.24. The summed E-state index contributed by atoms with van der Waals surface area (Å²) in [6.07, 6.45) is 0. The van der Waals surface area contributed by atoms with Crippen molar-refractivity contribution in [2.24, 2.45) is 0 Å². The molecule has 0 amide bonds. The van der Waals surface area contributed by atoms with Gasteiger partial charge in [0.1, 0.15) is 0 Å². The van der Waals surface area contributed by atoms with Crippen LogP contribution in [-0.4, -0.2) is 0 Å². The molecule has 0 spiro atoms. The molecule has 0 unspecified atom stereocenters. The van der Waals surface area contributed by atoms with Crippen LogP contribution < -0.4 is 0 Å². The number of fused-ring (bicyclic) bond motifs is 9. The third-order valence-electron chi connectivity index (χ3n) is 10.4. The molecular weight excluding hydrogens is 589 g/mol. The van der Waals surface area contributed by atoms with E-state index in [1.165, 1.54) is 104 Å². The summed E-state index contributed by atoms with van der Waals surface area (Å²) in [5.41, 5.74) is 8.81. The van der Waals surface area contributed by atoms with E-state index < -0.39 is 0 Å².